The monoisotopic (exact) mass is 236 g/mol. The molecular weight excluding hydrogens is 222 g/mol. The van der Waals surface area contributed by atoms with Crippen molar-refractivity contribution >= 4 is 5.78 Å². The van der Waals surface area contributed by atoms with Crippen molar-refractivity contribution in [1.82, 2.24) is 0 Å². The van der Waals surface area contributed by atoms with E-state index in [2.05, 4.69) is 0 Å². The second-order valence-electron chi connectivity index (χ2n) is 5.22. The molecule has 0 unspecified atom stereocenters. The van der Waals surface area contributed by atoms with Gasteiger partial charge in [0, 0.05) is 23.6 Å². The Morgan fingerprint density at radius 1 is 1.06 bits per heavy atom. The molecule has 1 aromatic rings. The molecule has 3 heteroatoms. The first-order valence-electron chi connectivity index (χ1n) is 6.15. The molecule has 0 bridgehead atoms. The van der Waals surface area contributed by atoms with E-state index in [0.29, 0.717) is 12.0 Å². The minimum Gasteiger partial charge on any atom is -0.294 e. The van der Waals surface area contributed by atoms with E-state index in [0.717, 1.165) is 38.2 Å². The number of hydrogen-bond donors (Lipinski definition) is 0. The fourth-order valence-corrected chi connectivity index (χ4v) is 3.50. The van der Waals surface area contributed by atoms with Gasteiger partial charge in [0.15, 0.2) is 5.78 Å². The zero-order valence-corrected chi connectivity index (χ0v) is 9.56. The van der Waals surface area contributed by atoms with Crippen molar-refractivity contribution < 1.29 is 13.6 Å². The van der Waals surface area contributed by atoms with Crippen molar-refractivity contribution in [3.05, 3.63) is 34.9 Å². The summed E-state index contributed by atoms with van der Waals surface area (Å²) < 4.78 is 27.2. The van der Waals surface area contributed by atoms with Crippen LogP contribution in [0.3, 0.4) is 0 Å². The quantitative estimate of drug-likeness (QED) is 0.670. The molecular formula is C14H14F2O. The number of ketones is 1. The summed E-state index contributed by atoms with van der Waals surface area (Å²) in [6.07, 6.45) is 5.15. The first kappa shape index (κ1) is 10.9. The van der Waals surface area contributed by atoms with Crippen LogP contribution in [0.1, 0.15) is 54.4 Å². The first-order valence-corrected chi connectivity index (χ1v) is 6.15. The minimum absolute atomic E-state index is 0.115. The van der Waals surface area contributed by atoms with Crippen LogP contribution in [0.2, 0.25) is 0 Å². The van der Waals surface area contributed by atoms with Crippen LogP contribution in [0.25, 0.3) is 0 Å². The Kier molecular flexibility index (Phi) is 2.32. The highest BCUT2D eigenvalue weighted by Gasteiger charge is 2.43. The SMILES string of the molecule is O=C1CCC2(CCCC2)c2c(F)cc(F)cc21. The fraction of sp³-hybridized carbons (Fsp3) is 0.500. The summed E-state index contributed by atoms with van der Waals surface area (Å²) in [5.74, 6) is -1.30. The van der Waals surface area contributed by atoms with Gasteiger partial charge in [-0.05, 0) is 30.7 Å². The zero-order valence-electron chi connectivity index (χ0n) is 9.56. The van der Waals surface area contributed by atoms with Crippen molar-refractivity contribution in [3.8, 4) is 0 Å². The highest BCUT2D eigenvalue weighted by molar-refractivity contribution is 5.99. The van der Waals surface area contributed by atoms with E-state index in [9.17, 15) is 13.6 Å². The summed E-state index contributed by atoms with van der Waals surface area (Å²) in [5, 5.41) is 0. The molecule has 17 heavy (non-hydrogen) atoms. The Bertz CT molecular complexity index is 487. The third-order valence-corrected chi connectivity index (χ3v) is 4.28. The number of benzene rings is 1. The van der Waals surface area contributed by atoms with Crippen molar-refractivity contribution in [1.29, 1.82) is 0 Å². The molecule has 0 saturated heterocycles. The Hall–Kier alpha value is -1.25. The molecule has 2 aliphatic rings. The van der Waals surface area contributed by atoms with Crippen LogP contribution in [0.15, 0.2) is 12.1 Å². The maximum absolute atomic E-state index is 14.0. The molecule has 3 rings (SSSR count). The number of fused-ring (bicyclic) bond motifs is 2. The number of Topliss-reactive ketones (excluding diaryl/α,β-unsaturated/α-hetero) is 1. The second-order valence-corrected chi connectivity index (χ2v) is 5.22. The average Bonchev–Trinajstić information content (AvgIpc) is 2.72. The van der Waals surface area contributed by atoms with E-state index in [1.165, 1.54) is 6.07 Å². The number of carbonyl (C=O) groups is 1. The molecule has 0 aromatic heterocycles. The van der Waals surface area contributed by atoms with E-state index in [1.54, 1.807) is 0 Å². The lowest BCUT2D eigenvalue weighted by molar-refractivity contribution is 0.0948. The third-order valence-electron chi connectivity index (χ3n) is 4.28. The normalized spacial score (nSPS) is 21.9. The van der Waals surface area contributed by atoms with Crippen LogP contribution in [0, 0.1) is 11.6 Å². The molecule has 1 fully saturated rings. The average molecular weight is 236 g/mol. The summed E-state index contributed by atoms with van der Waals surface area (Å²) in [5.41, 5.74) is 0.587. The van der Waals surface area contributed by atoms with Crippen LogP contribution in [-0.2, 0) is 5.41 Å². The maximum Gasteiger partial charge on any atom is 0.163 e. The molecule has 0 radical (unpaired) electrons. The lowest BCUT2D eigenvalue weighted by Crippen LogP contribution is -2.32. The van der Waals surface area contributed by atoms with Crippen molar-refractivity contribution in [3.63, 3.8) is 0 Å². The van der Waals surface area contributed by atoms with Gasteiger partial charge in [0.25, 0.3) is 0 Å². The zero-order chi connectivity index (χ0) is 12.0. The molecule has 0 aliphatic heterocycles. The van der Waals surface area contributed by atoms with E-state index >= 15 is 0 Å². The Morgan fingerprint density at radius 2 is 1.76 bits per heavy atom. The van der Waals surface area contributed by atoms with Crippen molar-refractivity contribution in [2.75, 3.05) is 0 Å². The number of halogens is 2. The Morgan fingerprint density at radius 3 is 2.47 bits per heavy atom. The van der Waals surface area contributed by atoms with Gasteiger partial charge >= 0.3 is 0 Å². The molecule has 0 atom stereocenters. The summed E-state index contributed by atoms with van der Waals surface area (Å²) >= 11 is 0. The molecule has 1 saturated carbocycles. The van der Waals surface area contributed by atoms with E-state index in [4.69, 9.17) is 0 Å². The summed E-state index contributed by atoms with van der Waals surface area (Å²) in [4.78, 5) is 11.8. The predicted molar refractivity (Wildman–Crippen MR) is 60.1 cm³/mol. The molecule has 0 N–H and O–H groups in total. The van der Waals surface area contributed by atoms with Gasteiger partial charge in [-0.25, -0.2) is 8.78 Å². The molecule has 0 amide bonds. The highest BCUT2D eigenvalue weighted by atomic mass is 19.1. The maximum atomic E-state index is 14.0. The van der Waals surface area contributed by atoms with Crippen LogP contribution >= 0.6 is 0 Å². The Balaban J connectivity index is 2.24. The largest absolute Gasteiger partial charge is 0.294 e. The van der Waals surface area contributed by atoms with Gasteiger partial charge in [-0.2, -0.15) is 0 Å². The van der Waals surface area contributed by atoms with Crippen molar-refractivity contribution in [2.45, 2.75) is 43.9 Å². The third kappa shape index (κ3) is 1.52. The van der Waals surface area contributed by atoms with Crippen molar-refractivity contribution in [2.24, 2.45) is 0 Å². The van der Waals surface area contributed by atoms with Gasteiger partial charge in [-0.1, -0.05) is 12.8 Å². The van der Waals surface area contributed by atoms with E-state index < -0.39 is 11.6 Å². The molecule has 1 spiro atoms. The highest BCUT2D eigenvalue weighted by Crippen LogP contribution is 2.49. The fourth-order valence-electron chi connectivity index (χ4n) is 3.50. The van der Waals surface area contributed by atoms with Gasteiger partial charge in [-0.15, -0.1) is 0 Å². The minimum atomic E-state index is -0.648. The number of hydrogen-bond acceptors (Lipinski definition) is 1. The van der Waals surface area contributed by atoms with Gasteiger partial charge in [0.1, 0.15) is 11.6 Å². The topological polar surface area (TPSA) is 17.1 Å². The molecule has 1 aromatic carbocycles. The van der Waals surface area contributed by atoms with Crippen LogP contribution < -0.4 is 0 Å². The first-order chi connectivity index (χ1) is 8.12. The molecule has 90 valence electrons. The summed E-state index contributed by atoms with van der Waals surface area (Å²) in [6, 6.07) is 2.12. The smallest absolute Gasteiger partial charge is 0.163 e. The predicted octanol–water partition coefficient (Wildman–Crippen LogP) is 3.75. The molecule has 2 aliphatic carbocycles. The van der Waals surface area contributed by atoms with Gasteiger partial charge < -0.3 is 0 Å². The van der Waals surface area contributed by atoms with E-state index in [1.807, 2.05) is 0 Å². The van der Waals surface area contributed by atoms with Gasteiger partial charge in [0.05, 0.1) is 0 Å². The van der Waals surface area contributed by atoms with Crippen LogP contribution in [-0.4, -0.2) is 5.78 Å². The number of carbonyl (C=O) groups excluding carboxylic acids is 1. The second kappa shape index (κ2) is 3.62. The number of rotatable bonds is 0. The van der Waals surface area contributed by atoms with Crippen LogP contribution in [0.4, 0.5) is 8.78 Å². The summed E-state index contributed by atoms with van der Waals surface area (Å²) in [6.45, 7) is 0. The van der Waals surface area contributed by atoms with Gasteiger partial charge in [0.2, 0.25) is 0 Å². The Labute approximate surface area is 98.8 Å². The lowest BCUT2D eigenvalue weighted by Gasteiger charge is -2.35. The van der Waals surface area contributed by atoms with Gasteiger partial charge in [-0.3, -0.25) is 4.79 Å². The summed E-state index contributed by atoms with van der Waals surface area (Å²) in [7, 11) is 0. The van der Waals surface area contributed by atoms with Crippen LogP contribution in [0.5, 0.6) is 0 Å². The lowest BCUT2D eigenvalue weighted by atomic mass is 9.68. The molecule has 0 heterocycles. The van der Waals surface area contributed by atoms with E-state index in [-0.39, 0.29) is 16.8 Å². The molecule has 1 nitrogen and oxygen atoms in total. The standard InChI is InChI=1S/C14H14F2O/c15-9-7-10-12(17)3-6-14(4-1-2-5-14)13(10)11(16)8-9/h7-8H,1-6H2.